The first-order valence-corrected chi connectivity index (χ1v) is 10.8. The van der Waals surface area contributed by atoms with E-state index < -0.39 is 5.97 Å². The Balaban J connectivity index is 3.56. The normalized spacial score (nSPS) is 13.6. The lowest BCUT2D eigenvalue weighted by molar-refractivity contribution is -0.873. The summed E-state index contributed by atoms with van der Waals surface area (Å²) in [6.45, 7) is 3.61. The van der Waals surface area contributed by atoms with Crippen molar-refractivity contribution >= 4 is 5.97 Å². The molecule has 0 amide bonds. The van der Waals surface area contributed by atoms with E-state index in [4.69, 9.17) is 9.84 Å². The first-order valence-electron chi connectivity index (χ1n) is 10.8. The van der Waals surface area contributed by atoms with E-state index in [1.54, 1.807) is 0 Å². The molecule has 4 heteroatoms. The van der Waals surface area contributed by atoms with E-state index in [-0.39, 0.29) is 12.5 Å². The Kier molecular flexibility index (Phi) is 16.3. The highest BCUT2D eigenvalue weighted by Gasteiger charge is 2.21. The van der Waals surface area contributed by atoms with Crippen LogP contribution >= 0.6 is 0 Å². The van der Waals surface area contributed by atoms with Gasteiger partial charge in [0.05, 0.1) is 27.6 Å². The third-order valence-corrected chi connectivity index (χ3v) is 4.33. The number of nitrogens with zero attached hydrogens (tertiary/aromatic N) is 1. The lowest BCUT2D eigenvalue weighted by Gasteiger charge is -2.28. The molecule has 27 heavy (non-hydrogen) atoms. The summed E-state index contributed by atoms with van der Waals surface area (Å²) in [7, 11) is 6.20. The second-order valence-electron chi connectivity index (χ2n) is 8.44. The van der Waals surface area contributed by atoms with Crippen LogP contribution < -0.4 is 0 Å². The summed E-state index contributed by atoms with van der Waals surface area (Å²) in [5.41, 5.74) is 0. The molecule has 0 bridgehead atoms. The summed E-state index contributed by atoms with van der Waals surface area (Å²) < 4.78 is 6.55. The number of hydrogen-bond acceptors (Lipinski definition) is 2. The van der Waals surface area contributed by atoms with Crippen molar-refractivity contribution in [3.05, 3.63) is 24.3 Å². The average molecular weight is 383 g/mol. The van der Waals surface area contributed by atoms with Crippen molar-refractivity contribution < 1.29 is 19.1 Å². The molecule has 0 fully saturated rings. The van der Waals surface area contributed by atoms with Crippen molar-refractivity contribution in [2.24, 2.45) is 0 Å². The minimum Gasteiger partial charge on any atom is -0.481 e. The van der Waals surface area contributed by atoms with Gasteiger partial charge >= 0.3 is 5.97 Å². The maximum Gasteiger partial charge on any atom is 0.306 e. The molecule has 0 aliphatic heterocycles. The maximum absolute atomic E-state index is 11.0. The number of rotatable bonds is 18. The van der Waals surface area contributed by atoms with Gasteiger partial charge in [0.2, 0.25) is 0 Å². The number of hydrogen-bond donors (Lipinski definition) is 1. The Hall–Kier alpha value is -1.13. The molecule has 4 nitrogen and oxygen atoms in total. The van der Waals surface area contributed by atoms with Crippen molar-refractivity contribution in [1.29, 1.82) is 0 Å². The summed E-state index contributed by atoms with van der Waals surface area (Å²) in [5, 5.41) is 9.01. The Morgan fingerprint density at radius 2 is 1.52 bits per heavy atom. The molecule has 1 atom stereocenters. The van der Waals surface area contributed by atoms with Crippen LogP contribution in [-0.2, 0) is 9.53 Å². The molecular weight excluding hydrogens is 338 g/mol. The zero-order chi connectivity index (χ0) is 20.4. The van der Waals surface area contributed by atoms with Crippen molar-refractivity contribution in [2.45, 2.75) is 83.7 Å². The molecule has 0 rings (SSSR count). The topological polar surface area (TPSA) is 46.5 Å². The lowest BCUT2D eigenvalue weighted by Crippen LogP contribution is -2.43. The van der Waals surface area contributed by atoms with Gasteiger partial charge < -0.3 is 14.3 Å². The van der Waals surface area contributed by atoms with Gasteiger partial charge in [0.15, 0.2) is 0 Å². The van der Waals surface area contributed by atoms with Crippen LogP contribution in [0.4, 0.5) is 0 Å². The smallest absolute Gasteiger partial charge is 0.306 e. The van der Waals surface area contributed by atoms with Gasteiger partial charge in [-0.05, 0) is 32.1 Å². The van der Waals surface area contributed by atoms with Crippen molar-refractivity contribution in [2.75, 3.05) is 34.3 Å². The van der Waals surface area contributed by atoms with Gasteiger partial charge in [0, 0.05) is 6.61 Å². The molecule has 0 saturated carbocycles. The quantitative estimate of drug-likeness (QED) is 0.191. The lowest BCUT2D eigenvalue weighted by atomic mass is 10.1. The molecule has 0 aromatic carbocycles. The second kappa shape index (κ2) is 17.0. The van der Waals surface area contributed by atoms with Gasteiger partial charge in [0.25, 0.3) is 0 Å². The van der Waals surface area contributed by atoms with Crippen LogP contribution in [0.2, 0.25) is 0 Å². The van der Waals surface area contributed by atoms with Gasteiger partial charge in [-0.1, -0.05) is 63.3 Å². The molecule has 158 valence electrons. The number of quaternary nitrogens is 1. The standard InChI is InChI=1S/C23H43NO3/c1-5-6-7-8-9-10-11-12-13-14-15-16-17-18-19-27-22(20-23(25)26)21-24(2,3)4/h7-8,10-11,22H,5-6,9,12-21H2,1-4H3/p+1/t22-/m1/s1. The Labute approximate surface area is 167 Å². The number of aliphatic carboxylic acids is 1. The first-order chi connectivity index (χ1) is 12.8. The van der Waals surface area contributed by atoms with E-state index in [9.17, 15) is 4.79 Å². The molecule has 0 aliphatic carbocycles. The van der Waals surface area contributed by atoms with Gasteiger partial charge in [-0.15, -0.1) is 0 Å². The summed E-state index contributed by atoms with van der Waals surface area (Å²) >= 11 is 0. The average Bonchev–Trinajstić information content (AvgIpc) is 2.56. The van der Waals surface area contributed by atoms with E-state index >= 15 is 0 Å². The number of carboxylic acid groups (broad SMARTS) is 1. The Morgan fingerprint density at radius 3 is 2.11 bits per heavy atom. The predicted molar refractivity (Wildman–Crippen MR) is 115 cm³/mol. The SMILES string of the molecule is CCCC=CCC=CCCCCCCCCO[C@H](CC(=O)O)C[N+](C)(C)C. The summed E-state index contributed by atoms with van der Waals surface area (Å²) in [6.07, 6.45) is 21.0. The van der Waals surface area contributed by atoms with Crippen molar-refractivity contribution in [3.8, 4) is 0 Å². The van der Waals surface area contributed by atoms with Gasteiger partial charge in [-0.25, -0.2) is 0 Å². The third-order valence-electron chi connectivity index (χ3n) is 4.33. The molecule has 0 aromatic heterocycles. The molecule has 0 aromatic rings. The molecule has 0 radical (unpaired) electrons. The van der Waals surface area contributed by atoms with E-state index in [0.717, 1.165) is 23.9 Å². The number of allylic oxidation sites excluding steroid dienone is 4. The van der Waals surface area contributed by atoms with E-state index in [2.05, 4.69) is 52.4 Å². The van der Waals surface area contributed by atoms with Crippen LogP contribution in [0, 0.1) is 0 Å². The number of ether oxygens (including phenoxy) is 1. The fourth-order valence-corrected chi connectivity index (χ4v) is 2.98. The van der Waals surface area contributed by atoms with Gasteiger partial charge in [-0.3, -0.25) is 4.79 Å². The number of likely N-dealkylation sites (N-methyl/N-ethyl adjacent to an activating group) is 1. The van der Waals surface area contributed by atoms with Gasteiger partial charge in [0.1, 0.15) is 12.6 Å². The van der Waals surface area contributed by atoms with Crippen LogP contribution in [0.3, 0.4) is 0 Å². The van der Waals surface area contributed by atoms with Crippen LogP contribution in [0.1, 0.15) is 77.6 Å². The monoisotopic (exact) mass is 382 g/mol. The zero-order valence-corrected chi connectivity index (χ0v) is 18.3. The van der Waals surface area contributed by atoms with Crippen LogP contribution in [-0.4, -0.2) is 56.0 Å². The molecule has 0 unspecified atom stereocenters. The Bertz CT molecular complexity index is 410. The third kappa shape index (κ3) is 21.0. The molecular formula is C23H44NO3+. The highest BCUT2D eigenvalue weighted by molar-refractivity contribution is 5.67. The van der Waals surface area contributed by atoms with Crippen molar-refractivity contribution in [3.63, 3.8) is 0 Å². The van der Waals surface area contributed by atoms with Crippen LogP contribution in [0.5, 0.6) is 0 Å². The number of carboxylic acids is 1. The molecule has 0 saturated heterocycles. The Morgan fingerprint density at radius 1 is 0.926 bits per heavy atom. The minimum absolute atomic E-state index is 0.0947. The largest absolute Gasteiger partial charge is 0.481 e. The summed E-state index contributed by atoms with van der Waals surface area (Å²) in [5.74, 6) is -0.778. The van der Waals surface area contributed by atoms with Crippen molar-refractivity contribution in [1.82, 2.24) is 0 Å². The molecule has 0 aliphatic rings. The van der Waals surface area contributed by atoms with E-state index in [1.807, 2.05) is 0 Å². The number of carbonyl (C=O) groups is 1. The fourth-order valence-electron chi connectivity index (χ4n) is 2.98. The first kappa shape index (κ1) is 25.9. The maximum atomic E-state index is 11.0. The molecule has 1 N–H and O–H groups in total. The molecule has 0 spiro atoms. The minimum atomic E-state index is -0.778. The van der Waals surface area contributed by atoms with E-state index in [1.165, 1.54) is 51.4 Å². The fraction of sp³-hybridized carbons (Fsp3) is 0.783. The second-order valence-corrected chi connectivity index (χ2v) is 8.44. The highest BCUT2D eigenvalue weighted by atomic mass is 16.5. The molecule has 0 heterocycles. The number of unbranched alkanes of at least 4 members (excludes halogenated alkanes) is 7. The van der Waals surface area contributed by atoms with Crippen LogP contribution in [0.15, 0.2) is 24.3 Å². The zero-order valence-electron chi connectivity index (χ0n) is 18.3. The summed E-state index contributed by atoms with van der Waals surface area (Å²) in [6, 6.07) is 0. The summed E-state index contributed by atoms with van der Waals surface area (Å²) in [4.78, 5) is 11.0. The van der Waals surface area contributed by atoms with E-state index in [0.29, 0.717) is 6.61 Å². The predicted octanol–water partition coefficient (Wildman–Crippen LogP) is 5.59. The highest BCUT2D eigenvalue weighted by Crippen LogP contribution is 2.10. The van der Waals surface area contributed by atoms with Gasteiger partial charge in [-0.2, -0.15) is 0 Å². The van der Waals surface area contributed by atoms with Crippen LogP contribution in [0.25, 0.3) is 0 Å².